The highest BCUT2D eigenvalue weighted by molar-refractivity contribution is 6.10. The van der Waals surface area contributed by atoms with Gasteiger partial charge in [-0.1, -0.05) is 42.5 Å². The molecule has 0 aliphatic carbocycles. The molecular formula is C28H19N5O2. The fraction of sp³-hybridized carbons (Fsp3) is 0. The Morgan fingerprint density at radius 2 is 1.34 bits per heavy atom. The minimum Gasteiger partial charge on any atom is -0.416 e. The SMILES string of the molecule is Nc1ccc(-c2nnc(-c3ccc(-c4nc5ccc(C(=O)c6ccccc6)cc5[nH]4)cc3)o2)cc1. The van der Waals surface area contributed by atoms with Crippen LogP contribution in [-0.4, -0.2) is 25.9 Å². The van der Waals surface area contributed by atoms with Gasteiger partial charge in [0.25, 0.3) is 0 Å². The van der Waals surface area contributed by atoms with Gasteiger partial charge < -0.3 is 15.1 Å². The van der Waals surface area contributed by atoms with Crippen molar-refractivity contribution < 1.29 is 9.21 Å². The Balaban J connectivity index is 1.25. The van der Waals surface area contributed by atoms with Crippen LogP contribution in [0.15, 0.2) is 101 Å². The molecule has 0 aliphatic heterocycles. The number of nitrogens with zero attached hydrogens (tertiary/aromatic N) is 3. The van der Waals surface area contributed by atoms with Crippen LogP contribution in [0.3, 0.4) is 0 Å². The van der Waals surface area contributed by atoms with Crippen molar-refractivity contribution in [2.75, 3.05) is 5.73 Å². The normalized spacial score (nSPS) is 11.1. The second-order valence-electron chi connectivity index (χ2n) is 8.12. The third-order valence-electron chi connectivity index (χ3n) is 5.77. The van der Waals surface area contributed by atoms with Gasteiger partial charge in [-0.2, -0.15) is 0 Å². The van der Waals surface area contributed by atoms with Gasteiger partial charge in [0.1, 0.15) is 5.82 Å². The Morgan fingerprint density at radius 3 is 2.03 bits per heavy atom. The second kappa shape index (κ2) is 8.39. The number of rotatable bonds is 5. The molecule has 6 rings (SSSR count). The summed E-state index contributed by atoms with van der Waals surface area (Å²) in [4.78, 5) is 20.8. The van der Waals surface area contributed by atoms with Gasteiger partial charge in [0.15, 0.2) is 5.78 Å². The van der Waals surface area contributed by atoms with Crippen molar-refractivity contribution >= 4 is 22.5 Å². The standard InChI is InChI=1S/C28H19N5O2/c29-22-13-10-20(11-14-22)28-33-32-27(35-28)19-8-6-18(7-9-19)26-30-23-15-12-21(16-24(23)31-26)25(34)17-4-2-1-3-5-17/h1-16H,29H2,(H,30,31). The molecular weight excluding hydrogens is 438 g/mol. The lowest BCUT2D eigenvalue weighted by Gasteiger charge is -2.00. The maximum absolute atomic E-state index is 12.8. The smallest absolute Gasteiger partial charge is 0.248 e. The third kappa shape index (κ3) is 3.95. The number of nitrogens with one attached hydrogen (secondary N) is 1. The number of ketones is 1. The van der Waals surface area contributed by atoms with Crippen LogP contribution in [0, 0.1) is 0 Å². The number of nitrogens with two attached hydrogens (primary N) is 1. The molecule has 7 nitrogen and oxygen atoms in total. The van der Waals surface area contributed by atoms with E-state index in [0.717, 1.165) is 27.7 Å². The number of imidazole rings is 1. The zero-order valence-electron chi connectivity index (χ0n) is 18.5. The summed E-state index contributed by atoms with van der Waals surface area (Å²) in [6.45, 7) is 0. The van der Waals surface area contributed by atoms with E-state index in [1.807, 2.05) is 78.9 Å². The number of hydrogen-bond acceptors (Lipinski definition) is 6. The molecule has 168 valence electrons. The van der Waals surface area contributed by atoms with Gasteiger partial charge >= 0.3 is 0 Å². The summed E-state index contributed by atoms with van der Waals surface area (Å²) >= 11 is 0. The van der Waals surface area contributed by atoms with Gasteiger partial charge in [-0.25, -0.2) is 4.98 Å². The first-order valence-electron chi connectivity index (χ1n) is 11.0. The number of fused-ring (bicyclic) bond motifs is 1. The van der Waals surface area contributed by atoms with Crippen molar-refractivity contribution in [3.05, 3.63) is 108 Å². The van der Waals surface area contributed by atoms with E-state index in [9.17, 15) is 4.79 Å². The number of aromatic nitrogens is 4. The van der Waals surface area contributed by atoms with E-state index in [2.05, 4.69) is 20.2 Å². The molecule has 0 atom stereocenters. The van der Waals surface area contributed by atoms with Gasteiger partial charge in [-0.15, -0.1) is 10.2 Å². The van der Waals surface area contributed by atoms with Crippen molar-refractivity contribution in [1.82, 2.24) is 20.2 Å². The zero-order chi connectivity index (χ0) is 23.8. The predicted octanol–water partition coefficient (Wildman–Crippen LogP) is 5.76. The van der Waals surface area contributed by atoms with E-state index in [0.29, 0.717) is 34.4 Å². The number of H-pyrrole nitrogens is 1. The molecule has 0 spiro atoms. The maximum Gasteiger partial charge on any atom is 0.248 e. The number of carbonyl (C=O) groups excluding carboxylic acids is 1. The first kappa shape index (κ1) is 20.6. The summed E-state index contributed by atoms with van der Waals surface area (Å²) in [5.74, 6) is 1.55. The molecule has 35 heavy (non-hydrogen) atoms. The highest BCUT2D eigenvalue weighted by Gasteiger charge is 2.13. The largest absolute Gasteiger partial charge is 0.416 e. The van der Waals surface area contributed by atoms with Crippen LogP contribution in [-0.2, 0) is 0 Å². The number of hydrogen-bond donors (Lipinski definition) is 2. The van der Waals surface area contributed by atoms with Crippen molar-refractivity contribution in [3.63, 3.8) is 0 Å². The Kier molecular flexibility index (Phi) is 4.93. The maximum atomic E-state index is 12.8. The Labute approximate surface area is 200 Å². The lowest BCUT2D eigenvalue weighted by atomic mass is 10.0. The van der Waals surface area contributed by atoms with Gasteiger partial charge in [0, 0.05) is 33.5 Å². The number of nitrogen functional groups attached to an aromatic ring is 1. The summed E-state index contributed by atoms with van der Waals surface area (Å²) in [6.07, 6.45) is 0. The molecule has 0 amide bonds. The van der Waals surface area contributed by atoms with E-state index in [1.54, 1.807) is 18.2 Å². The summed E-state index contributed by atoms with van der Waals surface area (Å²) in [6, 6.07) is 29.7. The molecule has 0 bridgehead atoms. The van der Waals surface area contributed by atoms with Crippen LogP contribution in [0.2, 0.25) is 0 Å². The first-order valence-corrected chi connectivity index (χ1v) is 11.0. The summed E-state index contributed by atoms with van der Waals surface area (Å²) < 4.78 is 5.84. The van der Waals surface area contributed by atoms with E-state index >= 15 is 0 Å². The number of aromatic amines is 1. The second-order valence-corrected chi connectivity index (χ2v) is 8.12. The van der Waals surface area contributed by atoms with Crippen LogP contribution in [0.25, 0.3) is 45.3 Å². The molecule has 0 radical (unpaired) electrons. The highest BCUT2D eigenvalue weighted by atomic mass is 16.4. The van der Waals surface area contributed by atoms with E-state index < -0.39 is 0 Å². The van der Waals surface area contributed by atoms with Gasteiger partial charge in [0.05, 0.1) is 11.0 Å². The minimum absolute atomic E-state index is 0.0223. The molecule has 0 saturated heterocycles. The Bertz CT molecular complexity index is 1650. The van der Waals surface area contributed by atoms with E-state index in [-0.39, 0.29) is 5.78 Å². The zero-order valence-corrected chi connectivity index (χ0v) is 18.5. The van der Waals surface area contributed by atoms with Crippen LogP contribution in [0.4, 0.5) is 5.69 Å². The van der Waals surface area contributed by atoms with Gasteiger partial charge in [0.2, 0.25) is 11.8 Å². The molecule has 0 fully saturated rings. The van der Waals surface area contributed by atoms with Crippen molar-refractivity contribution in [2.24, 2.45) is 0 Å². The highest BCUT2D eigenvalue weighted by Crippen LogP contribution is 2.27. The van der Waals surface area contributed by atoms with Crippen LogP contribution < -0.4 is 5.73 Å². The molecule has 0 aliphatic rings. The molecule has 7 heteroatoms. The monoisotopic (exact) mass is 457 g/mol. The molecule has 0 unspecified atom stereocenters. The summed E-state index contributed by atoms with van der Waals surface area (Å²) in [5, 5.41) is 8.31. The molecule has 6 aromatic rings. The Morgan fingerprint density at radius 1 is 0.714 bits per heavy atom. The molecule has 0 saturated carbocycles. The van der Waals surface area contributed by atoms with Crippen LogP contribution in [0.1, 0.15) is 15.9 Å². The van der Waals surface area contributed by atoms with Crippen molar-refractivity contribution in [1.29, 1.82) is 0 Å². The molecule has 4 aromatic carbocycles. The quantitative estimate of drug-likeness (QED) is 0.251. The molecule has 2 aromatic heterocycles. The van der Waals surface area contributed by atoms with Crippen molar-refractivity contribution in [3.8, 4) is 34.3 Å². The average molecular weight is 457 g/mol. The average Bonchev–Trinajstić information content (AvgIpc) is 3.57. The Hall–Kier alpha value is -5.04. The van der Waals surface area contributed by atoms with Crippen LogP contribution in [0.5, 0.6) is 0 Å². The molecule has 3 N–H and O–H groups in total. The van der Waals surface area contributed by atoms with E-state index in [4.69, 9.17) is 10.2 Å². The van der Waals surface area contributed by atoms with Crippen LogP contribution >= 0.6 is 0 Å². The fourth-order valence-electron chi connectivity index (χ4n) is 3.90. The number of benzene rings is 4. The topological polar surface area (TPSA) is 111 Å². The van der Waals surface area contributed by atoms with Gasteiger partial charge in [-0.3, -0.25) is 4.79 Å². The summed E-state index contributed by atoms with van der Waals surface area (Å²) in [5.41, 5.74) is 11.8. The third-order valence-corrected chi connectivity index (χ3v) is 5.77. The lowest BCUT2D eigenvalue weighted by Crippen LogP contribution is -2.00. The number of carbonyl (C=O) groups is 1. The first-order chi connectivity index (χ1) is 17.1. The fourth-order valence-corrected chi connectivity index (χ4v) is 3.90. The van der Waals surface area contributed by atoms with E-state index in [1.165, 1.54) is 0 Å². The summed E-state index contributed by atoms with van der Waals surface area (Å²) in [7, 11) is 0. The predicted molar refractivity (Wildman–Crippen MR) is 135 cm³/mol. The molecule has 2 heterocycles. The van der Waals surface area contributed by atoms with Gasteiger partial charge in [-0.05, 0) is 54.6 Å². The lowest BCUT2D eigenvalue weighted by molar-refractivity contribution is 0.103. The minimum atomic E-state index is -0.0223. The van der Waals surface area contributed by atoms with Crippen molar-refractivity contribution in [2.45, 2.75) is 0 Å². The number of anilines is 1.